The molecule has 2 N–H and O–H groups in total. The zero-order chi connectivity index (χ0) is 15.1. The van der Waals surface area contributed by atoms with Gasteiger partial charge in [0.2, 0.25) is 0 Å². The number of amides is 2. The van der Waals surface area contributed by atoms with Gasteiger partial charge in [-0.25, -0.2) is 14.6 Å². The Morgan fingerprint density at radius 1 is 1.10 bits per heavy atom. The third-order valence-electron chi connectivity index (χ3n) is 2.58. The van der Waals surface area contributed by atoms with Gasteiger partial charge in [-0.3, -0.25) is 5.32 Å². The van der Waals surface area contributed by atoms with Crippen LogP contribution in [0.5, 0.6) is 0 Å². The average Bonchev–Trinajstić information content (AvgIpc) is 2.49. The molecule has 1 aromatic heterocycles. The first-order valence-electron chi connectivity index (χ1n) is 6.46. The fourth-order valence-electron chi connectivity index (χ4n) is 1.69. The molecule has 0 unspecified atom stereocenters. The lowest BCUT2D eigenvalue weighted by Crippen LogP contribution is -2.21. The smallest absolute Gasteiger partial charge is 0.340 e. The van der Waals surface area contributed by atoms with Crippen molar-refractivity contribution in [2.75, 3.05) is 17.2 Å². The number of rotatable bonds is 4. The van der Waals surface area contributed by atoms with Crippen LogP contribution in [0.2, 0.25) is 0 Å². The summed E-state index contributed by atoms with van der Waals surface area (Å²) in [7, 11) is 0. The summed E-state index contributed by atoms with van der Waals surface area (Å²) in [5.74, 6) is -0.0603. The number of para-hydroxylation sites is 1. The number of nitrogens with zero attached hydrogens (tertiary/aromatic N) is 1. The maximum absolute atomic E-state index is 11.9. The summed E-state index contributed by atoms with van der Waals surface area (Å²) in [6.07, 6.45) is 1.57. The van der Waals surface area contributed by atoms with Gasteiger partial charge in [-0.05, 0) is 31.2 Å². The van der Waals surface area contributed by atoms with Crippen LogP contribution in [-0.2, 0) is 4.74 Å². The molecule has 0 fully saturated rings. The van der Waals surface area contributed by atoms with Gasteiger partial charge in [-0.1, -0.05) is 18.2 Å². The molecule has 6 nitrogen and oxygen atoms in total. The third-order valence-corrected chi connectivity index (χ3v) is 2.58. The molecule has 0 atom stereocenters. The van der Waals surface area contributed by atoms with Crippen LogP contribution in [0, 0.1) is 0 Å². The van der Waals surface area contributed by atoms with Crippen molar-refractivity contribution >= 4 is 23.5 Å². The molecule has 0 aliphatic rings. The minimum Gasteiger partial charge on any atom is -0.462 e. The second-order valence-corrected chi connectivity index (χ2v) is 4.06. The molecule has 1 aromatic carbocycles. The Bertz CT molecular complexity index is 629. The summed E-state index contributed by atoms with van der Waals surface area (Å²) >= 11 is 0. The summed E-state index contributed by atoms with van der Waals surface area (Å²) in [6, 6.07) is 11.3. The fourth-order valence-corrected chi connectivity index (χ4v) is 1.69. The molecule has 108 valence electrons. The van der Waals surface area contributed by atoms with Gasteiger partial charge in [0.15, 0.2) is 0 Å². The number of benzene rings is 1. The molecular weight excluding hydrogens is 270 g/mol. The molecule has 0 aliphatic heterocycles. The molecule has 0 radical (unpaired) electrons. The van der Waals surface area contributed by atoms with Gasteiger partial charge in [0.1, 0.15) is 5.82 Å². The maximum Gasteiger partial charge on any atom is 0.340 e. The van der Waals surface area contributed by atoms with Crippen LogP contribution in [0.1, 0.15) is 17.3 Å². The van der Waals surface area contributed by atoms with E-state index in [1.807, 2.05) is 0 Å². The zero-order valence-electron chi connectivity index (χ0n) is 11.5. The van der Waals surface area contributed by atoms with Crippen molar-refractivity contribution in [1.29, 1.82) is 0 Å². The van der Waals surface area contributed by atoms with Crippen molar-refractivity contribution in [2.24, 2.45) is 0 Å². The average molecular weight is 285 g/mol. The molecule has 0 saturated carbocycles. The third kappa shape index (κ3) is 4.04. The van der Waals surface area contributed by atoms with Gasteiger partial charge < -0.3 is 10.1 Å². The number of ether oxygens (including phenoxy) is 1. The molecule has 21 heavy (non-hydrogen) atoms. The summed E-state index contributed by atoms with van der Waals surface area (Å²) < 4.78 is 4.95. The van der Waals surface area contributed by atoms with Crippen molar-refractivity contribution in [2.45, 2.75) is 6.92 Å². The van der Waals surface area contributed by atoms with E-state index in [2.05, 4.69) is 15.6 Å². The van der Waals surface area contributed by atoms with Crippen LogP contribution in [0.25, 0.3) is 0 Å². The number of pyridine rings is 1. The predicted molar refractivity (Wildman–Crippen MR) is 79.3 cm³/mol. The van der Waals surface area contributed by atoms with Crippen molar-refractivity contribution < 1.29 is 14.3 Å². The van der Waals surface area contributed by atoms with Gasteiger partial charge in [-0.15, -0.1) is 0 Å². The molecule has 2 amide bonds. The normalized spacial score (nSPS) is 9.76. The van der Waals surface area contributed by atoms with E-state index in [0.717, 1.165) is 0 Å². The second-order valence-electron chi connectivity index (χ2n) is 4.06. The lowest BCUT2D eigenvalue weighted by atomic mass is 10.2. The summed E-state index contributed by atoms with van der Waals surface area (Å²) in [4.78, 5) is 27.7. The van der Waals surface area contributed by atoms with Gasteiger partial charge in [0.05, 0.1) is 17.9 Å². The van der Waals surface area contributed by atoms with Gasteiger partial charge in [0, 0.05) is 6.20 Å². The Morgan fingerprint density at radius 3 is 2.57 bits per heavy atom. The van der Waals surface area contributed by atoms with Crippen molar-refractivity contribution in [3.63, 3.8) is 0 Å². The van der Waals surface area contributed by atoms with Crippen molar-refractivity contribution in [1.82, 2.24) is 4.98 Å². The first-order chi connectivity index (χ1) is 10.2. The Hall–Kier alpha value is -2.89. The monoisotopic (exact) mass is 285 g/mol. The molecule has 6 heteroatoms. The van der Waals surface area contributed by atoms with Crippen LogP contribution >= 0.6 is 0 Å². The number of aromatic nitrogens is 1. The highest BCUT2D eigenvalue weighted by Gasteiger charge is 2.13. The van der Waals surface area contributed by atoms with Crippen LogP contribution in [0.4, 0.5) is 16.3 Å². The van der Waals surface area contributed by atoms with E-state index in [9.17, 15) is 9.59 Å². The first-order valence-corrected chi connectivity index (χ1v) is 6.46. The minimum absolute atomic E-state index is 0.271. The second kappa shape index (κ2) is 7.04. The largest absolute Gasteiger partial charge is 0.462 e. The number of anilines is 2. The van der Waals surface area contributed by atoms with Crippen LogP contribution in [0.15, 0.2) is 48.7 Å². The number of hydrogen-bond donors (Lipinski definition) is 2. The summed E-state index contributed by atoms with van der Waals surface area (Å²) in [6.45, 7) is 2.00. The van der Waals surface area contributed by atoms with E-state index < -0.39 is 12.0 Å². The summed E-state index contributed by atoms with van der Waals surface area (Å²) in [5.41, 5.74) is 0.680. The molecule has 0 aliphatic carbocycles. The molecular formula is C15H15N3O3. The number of urea groups is 1. The number of carbonyl (C=O) groups excluding carboxylic acids is 2. The lowest BCUT2D eigenvalue weighted by molar-refractivity contribution is 0.0527. The van der Waals surface area contributed by atoms with Gasteiger partial charge in [-0.2, -0.15) is 0 Å². The van der Waals surface area contributed by atoms with Gasteiger partial charge in [0.25, 0.3) is 0 Å². The zero-order valence-corrected chi connectivity index (χ0v) is 11.5. The fraction of sp³-hybridized carbons (Fsp3) is 0.133. The maximum atomic E-state index is 11.9. The topological polar surface area (TPSA) is 80.3 Å². The highest BCUT2D eigenvalue weighted by molar-refractivity contribution is 6.04. The number of carbonyl (C=O) groups is 2. The SMILES string of the molecule is CCOC(=O)c1ccccc1NC(=O)Nc1ccccn1. The summed E-state index contributed by atoms with van der Waals surface area (Å²) in [5, 5.41) is 5.18. The van der Waals surface area contributed by atoms with E-state index in [4.69, 9.17) is 4.74 Å². The van der Waals surface area contributed by atoms with Crippen molar-refractivity contribution in [3.05, 3.63) is 54.2 Å². The highest BCUT2D eigenvalue weighted by Crippen LogP contribution is 2.16. The number of hydrogen-bond acceptors (Lipinski definition) is 4. The Labute approximate surface area is 122 Å². The Morgan fingerprint density at radius 2 is 1.86 bits per heavy atom. The molecule has 1 heterocycles. The van der Waals surface area contributed by atoms with Gasteiger partial charge >= 0.3 is 12.0 Å². The Balaban J connectivity index is 2.09. The van der Waals surface area contributed by atoms with Crippen molar-refractivity contribution in [3.8, 4) is 0 Å². The standard InChI is InChI=1S/C15H15N3O3/c1-2-21-14(19)11-7-3-4-8-12(11)17-15(20)18-13-9-5-6-10-16-13/h3-10H,2H2,1H3,(H2,16,17,18,20). The molecule has 2 rings (SSSR count). The molecule has 0 saturated heterocycles. The van der Waals surface area contributed by atoms with E-state index in [1.165, 1.54) is 0 Å². The molecule has 0 bridgehead atoms. The van der Waals surface area contributed by atoms with Crippen LogP contribution < -0.4 is 10.6 Å². The van der Waals surface area contributed by atoms with Crippen LogP contribution in [-0.4, -0.2) is 23.6 Å². The number of esters is 1. The quantitative estimate of drug-likeness (QED) is 0.846. The van der Waals surface area contributed by atoms with E-state index in [0.29, 0.717) is 17.1 Å². The van der Waals surface area contributed by atoms with Crippen LogP contribution in [0.3, 0.4) is 0 Å². The lowest BCUT2D eigenvalue weighted by Gasteiger charge is -2.10. The predicted octanol–water partition coefficient (Wildman–Crippen LogP) is 2.90. The Kier molecular flexibility index (Phi) is 4.87. The molecule has 2 aromatic rings. The number of nitrogens with one attached hydrogen (secondary N) is 2. The first kappa shape index (κ1) is 14.5. The van der Waals surface area contributed by atoms with E-state index in [-0.39, 0.29) is 6.61 Å². The highest BCUT2D eigenvalue weighted by atomic mass is 16.5. The minimum atomic E-state index is -0.481. The van der Waals surface area contributed by atoms with E-state index in [1.54, 1.807) is 55.6 Å². The van der Waals surface area contributed by atoms with E-state index >= 15 is 0 Å². The molecule has 0 spiro atoms.